The number of likely N-dealkylation sites (tertiary alicyclic amines) is 1. The zero-order valence-electron chi connectivity index (χ0n) is 15.6. The van der Waals surface area contributed by atoms with Crippen molar-refractivity contribution in [3.8, 4) is 0 Å². The zero-order chi connectivity index (χ0) is 19.1. The van der Waals surface area contributed by atoms with Crippen LogP contribution in [0.25, 0.3) is 6.08 Å². The maximum atomic E-state index is 12.2. The van der Waals surface area contributed by atoms with Gasteiger partial charge in [0.1, 0.15) is 0 Å². The summed E-state index contributed by atoms with van der Waals surface area (Å²) in [6.45, 7) is 4.06. The second-order valence-corrected chi connectivity index (χ2v) is 6.79. The molecule has 1 fully saturated rings. The first-order valence-corrected chi connectivity index (χ1v) is 9.27. The third-order valence-corrected chi connectivity index (χ3v) is 4.51. The van der Waals surface area contributed by atoms with Gasteiger partial charge in [-0.05, 0) is 49.1 Å². The van der Waals surface area contributed by atoms with E-state index < -0.39 is 0 Å². The van der Waals surface area contributed by atoms with Gasteiger partial charge in [0.2, 0.25) is 5.91 Å². The highest BCUT2D eigenvalue weighted by atomic mass is 16.2. The van der Waals surface area contributed by atoms with E-state index in [1.54, 1.807) is 6.08 Å². The molecular formula is C22H25N3O2. The first-order valence-electron chi connectivity index (χ1n) is 9.27. The SMILES string of the molecule is Cc1cccc(C=CC(=O)NCc2cccc(NC(=O)N3CCCC3)c2)c1. The quantitative estimate of drug-likeness (QED) is 0.790. The van der Waals surface area contributed by atoms with Crippen LogP contribution in [0, 0.1) is 6.92 Å². The normalized spacial score (nSPS) is 13.7. The summed E-state index contributed by atoms with van der Waals surface area (Å²) < 4.78 is 0. The molecule has 2 aromatic carbocycles. The van der Waals surface area contributed by atoms with Gasteiger partial charge in [0.25, 0.3) is 0 Å². The summed E-state index contributed by atoms with van der Waals surface area (Å²) in [5, 5.41) is 5.79. The average Bonchev–Trinajstić information content (AvgIpc) is 3.20. The highest BCUT2D eigenvalue weighted by Gasteiger charge is 2.17. The number of aryl methyl sites for hydroxylation is 1. The lowest BCUT2D eigenvalue weighted by molar-refractivity contribution is -0.116. The number of carbonyl (C=O) groups excluding carboxylic acids is 2. The van der Waals surface area contributed by atoms with Gasteiger partial charge in [0.05, 0.1) is 0 Å². The van der Waals surface area contributed by atoms with E-state index in [4.69, 9.17) is 0 Å². The van der Waals surface area contributed by atoms with Crippen LogP contribution in [0.4, 0.5) is 10.5 Å². The summed E-state index contributed by atoms with van der Waals surface area (Å²) in [6.07, 6.45) is 5.47. The highest BCUT2D eigenvalue weighted by Crippen LogP contribution is 2.14. The molecule has 5 heteroatoms. The minimum Gasteiger partial charge on any atom is -0.348 e. The van der Waals surface area contributed by atoms with Gasteiger partial charge in [-0.1, -0.05) is 42.0 Å². The van der Waals surface area contributed by atoms with Gasteiger partial charge < -0.3 is 15.5 Å². The van der Waals surface area contributed by atoms with E-state index in [9.17, 15) is 9.59 Å². The van der Waals surface area contributed by atoms with Crippen LogP contribution in [0.2, 0.25) is 0 Å². The van der Waals surface area contributed by atoms with Crippen LogP contribution in [0.5, 0.6) is 0 Å². The number of urea groups is 1. The van der Waals surface area contributed by atoms with Crippen molar-refractivity contribution in [3.63, 3.8) is 0 Å². The fraction of sp³-hybridized carbons (Fsp3) is 0.273. The molecule has 1 aliphatic heterocycles. The Morgan fingerprint density at radius 3 is 2.63 bits per heavy atom. The first kappa shape index (κ1) is 18.7. The summed E-state index contributed by atoms with van der Waals surface area (Å²) in [4.78, 5) is 26.0. The molecule has 0 aromatic heterocycles. The number of anilines is 1. The fourth-order valence-electron chi connectivity index (χ4n) is 3.08. The molecule has 0 atom stereocenters. The molecule has 0 saturated carbocycles. The molecule has 3 rings (SSSR count). The topological polar surface area (TPSA) is 61.4 Å². The predicted molar refractivity (Wildman–Crippen MR) is 108 cm³/mol. The van der Waals surface area contributed by atoms with E-state index in [1.165, 1.54) is 6.08 Å². The Bertz CT molecular complexity index is 839. The lowest BCUT2D eigenvalue weighted by Crippen LogP contribution is -2.32. The number of amides is 3. The van der Waals surface area contributed by atoms with Gasteiger partial charge in [-0.15, -0.1) is 0 Å². The van der Waals surface area contributed by atoms with Gasteiger partial charge in [-0.25, -0.2) is 4.79 Å². The molecule has 0 bridgehead atoms. The Kier molecular flexibility index (Phi) is 6.26. The predicted octanol–water partition coefficient (Wildman–Crippen LogP) is 3.95. The van der Waals surface area contributed by atoms with E-state index in [0.29, 0.717) is 6.54 Å². The van der Waals surface area contributed by atoms with E-state index in [-0.39, 0.29) is 11.9 Å². The summed E-state index contributed by atoms with van der Waals surface area (Å²) in [7, 11) is 0. The largest absolute Gasteiger partial charge is 0.348 e. The van der Waals surface area contributed by atoms with Gasteiger partial charge in [0, 0.05) is 31.4 Å². The number of hydrogen-bond donors (Lipinski definition) is 2. The van der Waals surface area contributed by atoms with Crippen LogP contribution in [-0.2, 0) is 11.3 Å². The van der Waals surface area contributed by atoms with Crippen molar-refractivity contribution in [2.45, 2.75) is 26.3 Å². The molecule has 140 valence electrons. The van der Waals surface area contributed by atoms with Crippen LogP contribution in [0.15, 0.2) is 54.6 Å². The van der Waals surface area contributed by atoms with Crippen LogP contribution in [0.1, 0.15) is 29.5 Å². The Balaban J connectivity index is 1.51. The zero-order valence-corrected chi connectivity index (χ0v) is 15.6. The molecule has 5 nitrogen and oxygen atoms in total. The summed E-state index contributed by atoms with van der Waals surface area (Å²) >= 11 is 0. The lowest BCUT2D eigenvalue weighted by atomic mass is 10.1. The van der Waals surface area contributed by atoms with E-state index in [0.717, 1.165) is 48.3 Å². The Morgan fingerprint density at radius 1 is 1.07 bits per heavy atom. The van der Waals surface area contributed by atoms with Crippen molar-refractivity contribution in [1.29, 1.82) is 0 Å². The third kappa shape index (κ3) is 5.71. The maximum absolute atomic E-state index is 12.2. The third-order valence-electron chi connectivity index (χ3n) is 4.51. The Labute approximate surface area is 160 Å². The second kappa shape index (κ2) is 9.03. The molecule has 0 radical (unpaired) electrons. The summed E-state index contributed by atoms with van der Waals surface area (Å²) in [6, 6.07) is 15.5. The molecule has 27 heavy (non-hydrogen) atoms. The lowest BCUT2D eigenvalue weighted by Gasteiger charge is -2.16. The molecule has 0 spiro atoms. The standard InChI is InChI=1S/C22H25N3O2/c1-17-6-4-7-18(14-17)10-11-21(26)23-16-19-8-5-9-20(15-19)24-22(27)25-12-2-3-13-25/h4-11,14-15H,2-3,12-13,16H2,1H3,(H,23,26)(H,24,27). The average molecular weight is 363 g/mol. The van der Waals surface area contributed by atoms with Crippen LogP contribution < -0.4 is 10.6 Å². The smallest absolute Gasteiger partial charge is 0.321 e. The van der Waals surface area contributed by atoms with Crippen molar-refractivity contribution in [2.75, 3.05) is 18.4 Å². The number of benzene rings is 2. The van der Waals surface area contributed by atoms with Crippen molar-refractivity contribution < 1.29 is 9.59 Å². The highest BCUT2D eigenvalue weighted by molar-refractivity contribution is 5.92. The minimum absolute atomic E-state index is 0.0604. The van der Waals surface area contributed by atoms with Crippen molar-refractivity contribution in [2.24, 2.45) is 0 Å². The number of carbonyl (C=O) groups is 2. The summed E-state index contributed by atoms with van der Waals surface area (Å²) in [5.41, 5.74) is 3.84. The molecular weight excluding hydrogens is 338 g/mol. The van der Waals surface area contributed by atoms with Crippen LogP contribution >= 0.6 is 0 Å². The van der Waals surface area contributed by atoms with Gasteiger partial charge in [-0.2, -0.15) is 0 Å². The number of nitrogens with zero attached hydrogens (tertiary/aromatic N) is 1. The van der Waals surface area contributed by atoms with Crippen molar-refractivity contribution >= 4 is 23.7 Å². The van der Waals surface area contributed by atoms with E-state index in [1.807, 2.05) is 60.4 Å². The molecule has 1 saturated heterocycles. The number of hydrogen-bond acceptors (Lipinski definition) is 2. The monoisotopic (exact) mass is 363 g/mol. The van der Waals surface area contributed by atoms with Crippen molar-refractivity contribution in [3.05, 3.63) is 71.3 Å². The fourth-order valence-corrected chi connectivity index (χ4v) is 3.08. The van der Waals surface area contributed by atoms with Gasteiger partial charge in [-0.3, -0.25) is 4.79 Å². The molecule has 2 N–H and O–H groups in total. The van der Waals surface area contributed by atoms with Crippen molar-refractivity contribution in [1.82, 2.24) is 10.2 Å². The molecule has 1 heterocycles. The molecule has 1 aliphatic rings. The second-order valence-electron chi connectivity index (χ2n) is 6.79. The van der Waals surface area contributed by atoms with Crippen LogP contribution in [0.3, 0.4) is 0 Å². The van der Waals surface area contributed by atoms with E-state index >= 15 is 0 Å². The van der Waals surface area contributed by atoms with Gasteiger partial charge >= 0.3 is 6.03 Å². The maximum Gasteiger partial charge on any atom is 0.321 e. The Morgan fingerprint density at radius 2 is 1.85 bits per heavy atom. The molecule has 0 aliphatic carbocycles. The Hall–Kier alpha value is -3.08. The minimum atomic E-state index is -0.150. The number of rotatable bonds is 5. The number of nitrogens with one attached hydrogen (secondary N) is 2. The van der Waals surface area contributed by atoms with Gasteiger partial charge in [0.15, 0.2) is 0 Å². The summed E-state index contributed by atoms with van der Waals surface area (Å²) in [5.74, 6) is -0.150. The van der Waals surface area contributed by atoms with E-state index in [2.05, 4.69) is 10.6 Å². The molecule has 2 aromatic rings. The molecule has 0 unspecified atom stereocenters. The first-order chi connectivity index (χ1) is 13.1. The molecule has 3 amide bonds. The van der Waals surface area contributed by atoms with Crippen LogP contribution in [-0.4, -0.2) is 29.9 Å².